The van der Waals surface area contributed by atoms with Crippen LogP contribution in [0.4, 0.5) is 10.5 Å². The predicted octanol–water partition coefficient (Wildman–Crippen LogP) is 0.433. The summed E-state index contributed by atoms with van der Waals surface area (Å²) in [6.07, 6.45) is 1.34. The quantitative estimate of drug-likeness (QED) is 0.407. The number of imide groups is 1. The van der Waals surface area contributed by atoms with Gasteiger partial charge < -0.3 is 14.5 Å². The Balaban J connectivity index is 1.51. The molecule has 2 aliphatic heterocycles. The molecular weight excluding hydrogens is 354 g/mol. The summed E-state index contributed by atoms with van der Waals surface area (Å²) in [5.41, 5.74) is 1.06. The highest BCUT2D eigenvalue weighted by atomic mass is 16.5. The summed E-state index contributed by atoms with van der Waals surface area (Å²) >= 11 is 0. The number of likely N-dealkylation sites (N-methyl/N-ethyl adjacent to an activating group) is 1. The summed E-state index contributed by atoms with van der Waals surface area (Å²) in [4.78, 5) is 62.6. The minimum absolute atomic E-state index is 0.0552. The summed E-state index contributed by atoms with van der Waals surface area (Å²) in [5.74, 6) is -1.68. The molecule has 9 nitrogen and oxygen atoms in total. The number of hydrogen-bond acceptors (Lipinski definition) is 6. The van der Waals surface area contributed by atoms with Crippen LogP contribution >= 0.6 is 0 Å². The lowest BCUT2D eigenvalue weighted by Crippen LogP contribution is -2.37. The van der Waals surface area contributed by atoms with E-state index in [1.54, 1.807) is 29.2 Å². The molecule has 9 heteroatoms. The standard InChI is InChI=1S/C18H19N3O6/c1-19-9-16(24)21(18(19)26)10-17(25)27-11-14(22)12-4-6-13(7-5-12)20-8-2-3-15(20)23/h4-7H,2-3,8-11H2,1H3. The monoisotopic (exact) mass is 373 g/mol. The van der Waals surface area contributed by atoms with E-state index < -0.39 is 36.8 Å². The minimum atomic E-state index is -0.834. The Kier molecular flexibility index (Phi) is 5.20. The number of esters is 1. The maximum Gasteiger partial charge on any atom is 0.327 e. The predicted molar refractivity (Wildman–Crippen MR) is 93.1 cm³/mol. The summed E-state index contributed by atoms with van der Waals surface area (Å²) < 4.78 is 4.88. The van der Waals surface area contributed by atoms with E-state index in [1.807, 2.05) is 0 Å². The summed E-state index contributed by atoms with van der Waals surface area (Å²) in [6, 6.07) is 5.92. The molecule has 0 spiro atoms. The van der Waals surface area contributed by atoms with Crippen molar-refractivity contribution in [2.45, 2.75) is 12.8 Å². The first-order chi connectivity index (χ1) is 12.9. The van der Waals surface area contributed by atoms with Crippen molar-refractivity contribution in [3.8, 4) is 0 Å². The second kappa shape index (κ2) is 7.56. The molecule has 27 heavy (non-hydrogen) atoms. The zero-order chi connectivity index (χ0) is 19.6. The lowest BCUT2D eigenvalue weighted by atomic mass is 10.1. The molecule has 0 aliphatic carbocycles. The van der Waals surface area contributed by atoms with Gasteiger partial charge in [-0.15, -0.1) is 0 Å². The van der Waals surface area contributed by atoms with Gasteiger partial charge in [-0.05, 0) is 30.7 Å². The fourth-order valence-corrected chi connectivity index (χ4v) is 2.98. The van der Waals surface area contributed by atoms with Crippen LogP contribution in [0.1, 0.15) is 23.2 Å². The third kappa shape index (κ3) is 3.97. The van der Waals surface area contributed by atoms with Gasteiger partial charge in [0.15, 0.2) is 12.4 Å². The molecule has 3 rings (SSSR count). The zero-order valence-electron chi connectivity index (χ0n) is 14.8. The normalized spacial score (nSPS) is 17.1. The highest BCUT2D eigenvalue weighted by Crippen LogP contribution is 2.21. The van der Waals surface area contributed by atoms with Crippen LogP contribution in [0, 0.1) is 0 Å². The molecule has 142 valence electrons. The summed E-state index contributed by atoms with van der Waals surface area (Å²) in [5, 5.41) is 0. The van der Waals surface area contributed by atoms with Crippen LogP contribution in [-0.2, 0) is 19.1 Å². The molecule has 4 amide bonds. The van der Waals surface area contributed by atoms with Gasteiger partial charge in [0.05, 0.1) is 0 Å². The molecule has 0 saturated carbocycles. The fourth-order valence-electron chi connectivity index (χ4n) is 2.98. The first-order valence-electron chi connectivity index (χ1n) is 8.51. The van der Waals surface area contributed by atoms with Gasteiger partial charge in [-0.25, -0.2) is 4.79 Å². The van der Waals surface area contributed by atoms with E-state index >= 15 is 0 Å². The number of urea groups is 1. The molecular formula is C18H19N3O6. The van der Waals surface area contributed by atoms with Gasteiger partial charge in [0.25, 0.3) is 5.91 Å². The van der Waals surface area contributed by atoms with E-state index in [1.165, 1.54) is 11.9 Å². The molecule has 0 aromatic heterocycles. The Bertz CT molecular complexity index is 804. The average molecular weight is 373 g/mol. The number of amides is 4. The Morgan fingerprint density at radius 2 is 1.78 bits per heavy atom. The first-order valence-corrected chi connectivity index (χ1v) is 8.51. The molecule has 2 heterocycles. The molecule has 0 bridgehead atoms. The van der Waals surface area contributed by atoms with Gasteiger partial charge in [-0.3, -0.25) is 24.1 Å². The summed E-state index contributed by atoms with van der Waals surface area (Å²) in [6.45, 7) is -0.442. The van der Waals surface area contributed by atoms with Gasteiger partial charge in [0, 0.05) is 31.3 Å². The smallest absolute Gasteiger partial charge is 0.327 e. The Morgan fingerprint density at radius 1 is 1.07 bits per heavy atom. The van der Waals surface area contributed by atoms with Crippen molar-refractivity contribution in [2.24, 2.45) is 0 Å². The van der Waals surface area contributed by atoms with Crippen LogP contribution in [0.2, 0.25) is 0 Å². The molecule has 0 atom stereocenters. The Morgan fingerprint density at radius 3 is 2.33 bits per heavy atom. The number of carbonyl (C=O) groups is 5. The molecule has 0 unspecified atom stereocenters. The van der Waals surface area contributed by atoms with Gasteiger partial charge in [-0.2, -0.15) is 0 Å². The highest BCUT2D eigenvalue weighted by Gasteiger charge is 2.35. The third-order valence-corrected chi connectivity index (χ3v) is 4.46. The minimum Gasteiger partial charge on any atom is -0.456 e. The van der Waals surface area contributed by atoms with Crippen LogP contribution in [0.25, 0.3) is 0 Å². The molecule has 2 saturated heterocycles. The van der Waals surface area contributed by atoms with Crippen molar-refractivity contribution < 1.29 is 28.7 Å². The van der Waals surface area contributed by atoms with Crippen molar-refractivity contribution in [3.05, 3.63) is 29.8 Å². The third-order valence-electron chi connectivity index (χ3n) is 4.46. The number of carbonyl (C=O) groups excluding carboxylic acids is 5. The van der Waals surface area contributed by atoms with E-state index in [-0.39, 0.29) is 12.5 Å². The van der Waals surface area contributed by atoms with Gasteiger partial charge in [0.1, 0.15) is 13.1 Å². The maximum absolute atomic E-state index is 12.2. The van der Waals surface area contributed by atoms with Gasteiger partial charge >= 0.3 is 12.0 Å². The van der Waals surface area contributed by atoms with Crippen molar-refractivity contribution in [1.82, 2.24) is 9.80 Å². The van der Waals surface area contributed by atoms with Gasteiger partial charge in [-0.1, -0.05) is 0 Å². The molecule has 0 N–H and O–H groups in total. The van der Waals surface area contributed by atoms with Crippen LogP contribution in [0.15, 0.2) is 24.3 Å². The maximum atomic E-state index is 12.2. The number of ether oxygens (including phenoxy) is 1. The number of ketones is 1. The molecule has 2 fully saturated rings. The second-order valence-corrected chi connectivity index (χ2v) is 6.40. The SMILES string of the molecule is CN1CC(=O)N(CC(=O)OCC(=O)c2ccc(N3CCCC3=O)cc2)C1=O. The van der Waals surface area contributed by atoms with Crippen molar-refractivity contribution in [1.29, 1.82) is 0 Å². The summed E-state index contributed by atoms with van der Waals surface area (Å²) in [7, 11) is 1.45. The topological polar surface area (TPSA) is 104 Å². The van der Waals surface area contributed by atoms with Crippen LogP contribution in [-0.4, -0.2) is 72.7 Å². The van der Waals surface area contributed by atoms with Gasteiger partial charge in [0.2, 0.25) is 5.91 Å². The molecule has 2 aliphatic rings. The van der Waals surface area contributed by atoms with Crippen LogP contribution < -0.4 is 4.90 Å². The van der Waals surface area contributed by atoms with E-state index in [4.69, 9.17) is 4.74 Å². The number of Topliss-reactive ketones (excluding diaryl/α,β-unsaturated/α-hetero) is 1. The van der Waals surface area contributed by atoms with E-state index in [9.17, 15) is 24.0 Å². The fraction of sp³-hybridized carbons (Fsp3) is 0.389. The zero-order valence-corrected chi connectivity index (χ0v) is 14.8. The largest absolute Gasteiger partial charge is 0.456 e. The van der Waals surface area contributed by atoms with Crippen LogP contribution in [0.5, 0.6) is 0 Å². The Labute approximate surface area is 155 Å². The van der Waals surface area contributed by atoms with Crippen molar-refractivity contribution in [3.63, 3.8) is 0 Å². The van der Waals surface area contributed by atoms with Crippen molar-refractivity contribution in [2.75, 3.05) is 38.2 Å². The van der Waals surface area contributed by atoms with E-state index in [2.05, 4.69) is 0 Å². The highest BCUT2D eigenvalue weighted by molar-refractivity contribution is 6.04. The van der Waals surface area contributed by atoms with E-state index in [0.717, 1.165) is 17.0 Å². The Hall–Kier alpha value is -3.23. The molecule has 0 radical (unpaired) electrons. The van der Waals surface area contributed by atoms with Crippen LogP contribution in [0.3, 0.4) is 0 Å². The number of hydrogen-bond donors (Lipinski definition) is 0. The first kappa shape index (κ1) is 18.6. The lowest BCUT2D eigenvalue weighted by molar-refractivity contribution is -0.145. The molecule has 1 aromatic carbocycles. The number of rotatable bonds is 6. The lowest BCUT2D eigenvalue weighted by Gasteiger charge is -2.16. The second-order valence-electron chi connectivity index (χ2n) is 6.40. The van der Waals surface area contributed by atoms with Crippen molar-refractivity contribution >= 4 is 35.3 Å². The number of nitrogens with zero attached hydrogens (tertiary/aromatic N) is 3. The molecule has 1 aromatic rings. The number of benzene rings is 1. The number of anilines is 1. The van der Waals surface area contributed by atoms with E-state index in [0.29, 0.717) is 18.5 Å². The average Bonchev–Trinajstić information content (AvgIpc) is 3.18.